The largest absolute Gasteiger partial charge is 0.460 e. The first-order valence-corrected chi connectivity index (χ1v) is 11.8. The van der Waals surface area contributed by atoms with Crippen molar-refractivity contribution >= 4 is 46.7 Å². The molecule has 0 radical (unpaired) electrons. The molecule has 0 aromatic heterocycles. The number of benzene rings is 1. The van der Waals surface area contributed by atoms with Crippen LogP contribution in [0.1, 0.15) is 58.3 Å². The predicted octanol–water partition coefficient (Wildman–Crippen LogP) is 4.42. The molecule has 0 saturated carbocycles. The zero-order chi connectivity index (χ0) is 26.3. The number of ether oxygens (including phenoxy) is 2. The van der Waals surface area contributed by atoms with Gasteiger partial charge < -0.3 is 19.7 Å². The van der Waals surface area contributed by atoms with Crippen molar-refractivity contribution in [3.63, 3.8) is 0 Å². The number of carbonyl (C=O) groups excluding carboxylic acids is 3. The molecule has 11 heteroatoms. The summed E-state index contributed by atoms with van der Waals surface area (Å²) < 4.78 is 40.0. The lowest BCUT2D eigenvalue weighted by atomic mass is 10.1. The molecule has 1 atom stereocenters. The lowest BCUT2D eigenvalue weighted by Gasteiger charge is -2.26. The third-order valence-electron chi connectivity index (χ3n) is 4.09. The summed E-state index contributed by atoms with van der Waals surface area (Å²) in [4.78, 5) is 39.0. The standard InChI is InChI=1S/C23H32Cl2F2N2O5/c1-22(2,3)33-18(30)13-17(21(32)34-23(4,5)6)28-20(31)14-11-15(26)19(16(27)12-14)29(9-7-24)10-8-25/h11-12,17H,7-10,13H2,1-6H3,(H,28,31). The normalized spacial score (nSPS) is 12.6. The second-order valence-electron chi connectivity index (χ2n) is 9.50. The van der Waals surface area contributed by atoms with Crippen LogP contribution in [0.15, 0.2) is 12.1 Å². The van der Waals surface area contributed by atoms with Gasteiger partial charge in [-0.25, -0.2) is 13.6 Å². The lowest BCUT2D eigenvalue weighted by molar-refractivity contribution is -0.164. The Bertz CT molecular complexity index is 856. The van der Waals surface area contributed by atoms with Gasteiger partial charge in [0.15, 0.2) is 0 Å². The first kappa shape index (κ1) is 29.9. The van der Waals surface area contributed by atoms with Crippen LogP contribution in [0.2, 0.25) is 0 Å². The summed E-state index contributed by atoms with van der Waals surface area (Å²) in [5.74, 6) is -4.39. The van der Waals surface area contributed by atoms with E-state index >= 15 is 0 Å². The van der Waals surface area contributed by atoms with Crippen LogP contribution in [0.3, 0.4) is 0 Å². The molecule has 0 aliphatic carbocycles. The molecule has 0 spiro atoms. The van der Waals surface area contributed by atoms with E-state index in [4.69, 9.17) is 32.7 Å². The maximum absolute atomic E-state index is 14.8. The second kappa shape index (κ2) is 12.5. The highest BCUT2D eigenvalue weighted by atomic mass is 35.5. The fraction of sp³-hybridized carbons (Fsp3) is 0.609. The molecule has 0 bridgehead atoms. The highest BCUT2D eigenvalue weighted by Gasteiger charge is 2.31. The minimum Gasteiger partial charge on any atom is -0.460 e. The Morgan fingerprint density at radius 2 is 1.41 bits per heavy atom. The third-order valence-corrected chi connectivity index (χ3v) is 4.43. The Balaban J connectivity index is 3.19. The van der Waals surface area contributed by atoms with E-state index in [1.165, 1.54) is 4.90 Å². The highest BCUT2D eigenvalue weighted by molar-refractivity contribution is 6.18. The predicted molar refractivity (Wildman–Crippen MR) is 128 cm³/mol. The molecule has 34 heavy (non-hydrogen) atoms. The molecule has 0 aliphatic heterocycles. The number of nitrogens with one attached hydrogen (secondary N) is 1. The van der Waals surface area contributed by atoms with Crippen molar-refractivity contribution < 1.29 is 32.6 Å². The minimum atomic E-state index is -1.43. The molecule has 7 nitrogen and oxygen atoms in total. The highest BCUT2D eigenvalue weighted by Crippen LogP contribution is 2.25. The SMILES string of the molecule is CC(C)(C)OC(=O)CC(NC(=O)c1cc(F)c(N(CCCl)CCCl)c(F)c1)C(=O)OC(C)(C)C. The summed E-state index contributed by atoms with van der Waals surface area (Å²) in [6.07, 6.45) is -0.528. The Morgan fingerprint density at radius 3 is 1.82 bits per heavy atom. The Hall–Kier alpha value is -2.13. The Labute approximate surface area is 209 Å². The van der Waals surface area contributed by atoms with Crippen molar-refractivity contribution in [1.29, 1.82) is 0 Å². The van der Waals surface area contributed by atoms with Crippen molar-refractivity contribution in [2.45, 2.75) is 65.2 Å². The summed E-state index contributed by atoms with van der Waals surface area (Å²) in [6.45, 7) is 10.1. The van der Waals surface area contributed by atoms with Crippen LogP contribution in [0.5, 0.6) is 0 Å². The topological polar surface area (TPSA) is 84.9 Å². The van der Waals surface area contributed by atoms with Crippen LogP contribution >= 0.6 is 23.2 Å². The fourth-order valence-corrected chi connectivity index (χ4v) is 3.30. The second-order valence-corrected chi connectivity index (χ2v) is 10.3. The van der Waals surface area contributed by atoms with Crippen molar-refractivity contribution in [1.82, 2.24) is 5.32 Å². The summed E-state index contributed by atoms with van der Waals surface area (Å²) in [6, 6.07) is 0.238. The molecular weight excluding hydrogens is 493 g/mol. The number of esters is 2. The van der Waals surface area contributed by atoms with Gasteiger partial charge in [0.1, 0.15) is 34.6 Å². The molecule has 0 heterocycles. The van der Waals surface area contributed by atoms with Crippen LogP contribution in [0, 0.1) is 11.6 Å². The molecule has 0 fully saturated rings. The lowest BCUT2D eigenvalue weighted by Crippen LogP contribution is -2.46. The average Bonchev–Trinajstić information content (AvgIpc) is 2.64. The molecule has 1 aromatic rings. The molecule has 192 valence electrons. The van der Waals surface area contributed by atoms with Crippen molar-refractivity contribution in [2.75, 3.05) is 29.7 Å². The number of halogens is 4. The number of rotatable bonds is 10. The van der Waals surface area contributed by atoms with Crippen LogP contribution in [0.25, 0.3) is 0 Å². The summed E-state index contributed by atoms with van der Waals surface area (Å²) >= 11 is 11.4. The fourth-order valence-electron chi connectivity index (χ4n) is 2.90. The maximum Gasteiger partial charge on any atom is 0.329 e. The summed E-state index contributed by atoms with van der Waals surface area (Å²) in [5.41, 5.74) is -2.47. The van der Waals surface area contributed by atoms with Gasteiger partial charge in [0, 0.05) is 30.4 Å². The van der Waals surface area contributed by atoms with E-state index in [1.54, 1.807) is 41.5 Å². The molecule has 0 saturated heterocycles. The van der Waals surface area contributed by atoms with Gasteiger partial charge in [0.05, 0.1) is 6.42 Å². The maximum atomic E-state index is 14.8. The van der Waals surface area contributed by atoms with Crippen molar-refractivity contribution in [2.24, 2.45) is 0 Å². The van der Waals surface area contributed by atoms with Gasteiger partial charge in [0.2, 0.25) is 0 Å². The molecule has 1 amide bonds. The molecule has 1 rings (SSSR count). The van der Waals surface area contributed by atoms with E-state index in [1.807, 2.05) is 0 Å². The van der Waals surface area contributed by atoms with E-state index in [-0.39, 0.29) is 36.1 Å². The molecule has 1 N–H and O–H groups in total. The van der Waals surface area contributed by atoms with Crippen LogP contribution < -0.4 is 10.2 Å². The Kier molecular flexibility index (Phi) is 11.0. The van der Waals surface area contributed by atoms with Crippen LogP contribution in [0.4, 0.5) is 14.5 Å². The number of hydrogen-bond donors (Lipinski definition) is 1. The number of nitrogens with zero attached hydrogens (tertiary/aromatic N) is 1. The van der Waals surface area contributed by atoms with Crippen LogP contribution in [-0.4, -0.2) is 59.9 Å². The molecule has 0 aliphatic rings. The smallest absolute Gasteiger partial charge is 0.329 e. The monoisotopic (exact) mass is 524 g/mol. The van der Waals surface area contributed by atoms with Gasteiger partial charge in [-0.05, 0) is 53.7 Å². The van der Waals surface area contributed by atoms with E-state index in [0.29, 0.717) is 0 Å². The van der Waals surface area contributed by atoms with Crippen LogP contribution in [-0.2, 0) is 19.1 Å². The first-order valence-electron chi connectivity index (χ1n) is 10.7. The van der Waals surface area contributed by atoms with Gasteiger partial charge in [-0.2, -0.15) is 0 Å². The van der Waals surface area contributed by atoms with E-state index in [2.05, 4.69) is 5.32 Å². The van der Waals surface area contributed by atoms with Crippen molar-refractivity contribution in [3.05, 3.63) is 29.3 Å². The van der Waals surface area contributed by atoms with Gasteiger partial charge in [-0.15, -0.1) is 23.2 Å². The van der Waals surface area contributed by atoms with Gasteiger partial charge in [-0.1, -0.05) is 0 Å². The number of anilines is 1. The van der Waals surface area contributed by atoms with Gasteiger partial charge in [0.25, 0.3) is 5.91 Å². The zero-order valence-electron chi connectivity index (χ0n) is 20.3. The molecular formula is C23H32Cl2F2N2O5. The first-order chi connectivity index (χ1) is 15.6. The quantitative estimate of drug-likeness (QED) is 0.360. The number of hydrogen-bond acceptors (Lipinski definition) is 6. The number of amides is 1. The molecule has 1 unspecified atom stereocenters. The average molecular weight is 525 g/mol. The van der Waals surface area contributed by atoms with Gasteiger partial charge >= 0.3 is 11.9 Å². The Morgan fingerprint density at radius 1 is 0.941 bits per heavy atom. The van der Waals surface area contributed by atoms with Gasteiger partial charge in [-0.3, -0.25) is 9.59 Å². The summed E-state index contributed by atoms with van der Waals surface area (Å²) in [5, 5.41) is 2.32. The third kappa shape index (κ3) is 10.0. The summed E-state index contributed by atoms with van der Waals surface area (Å²) in [7, 11) is 0. The van der Waals surface area contributed by atoms with E-state index in [9.17, 15) is 23.2 Å². The zero-order valence-corrected chi connectivity index (χ0v) is 21.8. The number of carbonyl (C=O) groups is 3. The number of alkyl halides is 2. The van der Waals surface area contributed by atoms with Crippen molar-refractivity contribution in [3.8, 4) is 0 Å². The minimum absolute atomic E-state index is 0.111. The van der Waals surface area contributed by atoms with E-state index < -0.39 is 53.1 Å². The van der Waals surface area contributed by atoms with E-state index in [0.717, 1.165) is 12.1 Å². The molecule has 1 aromatic carbocycles.